The molecule has 0 bridgehead atoms. The van der Waals surface area contributed by atoms with Crippen LogP contribution in [0.2, 0.25) is 5.28 Å². The third-order valence-electron chi connectivity index (χ3n) is 4.54. The first kappa shape index (κ1) is 13.6. The minimum atomic E-state index is -0.403. The average Bonchev–Trinajstić information content (AvgIpc) is 3.12. The molecule has 6 heteroatoms. The Bertz CT molecular complexity index is 739. The van der Waals surface area contributed by atoms with Crippen molar-refractivity contribution in [2.24, 2.45) is 0 Å². The molecule has 21 heavy (non-hydrogen) atoms. The fourth-order valence-corrected chi connectivity index (χ4v) is 5.03. The summed E-state index contributed by atoms with van der Waals surface area (Å²) in [4.78, 5) is 12.5. The molecule has 0 atom stereocenters. The number of thiophene rings is 1. The Morgan fingerprint density at radius 1 is 1.43 bits per heavy atom. The molecular weight excluding hydrogens is 309 g/mol. The van der Waals surface area contributed by atoms with E-state index in [0.29, 0.717) is 11.1 Å². The monoisotopic (exact) mass is 323 g/mol. The highest BCUT2D eigenvalue weighted by molar-refractivity contribution is 7.16. The molecule has 0 N–H and O–H groups in total. The zero-order valence-corrected chi connectivity index (χ0v) is 13.5. The van der Waals surface area contributed by atoms with E-state index >= 15 is 0 Å². The topological polar surface area (TPSA) is 29.0 Å². The Balaban J connectivity index is 1.91. The molecule has 1 aliphatic heterocycles. The number of halogens is 2. The van der Waals surface area contributed by atoms with Crippen LogP contribution in [0.1, 0.15) is 28.8 Å². The molecule has 3 nitrogen and oxygen atoms in total. The number of hydrogen-bond acceptors (Lipinski definition) is 4. The molecule has 0 unspecified atom stereocenters. The fraction of sp³-hybridized carbons (Fsp3) is 0.467. The van der Waals surface area contributed by atoms with Gasteiger partial charge in [-0.1, -0.05) is 0 Å². The molecule has 0 aromatic carbocycles. The lowest BCUT2D eigenvalue weighted by molar-refractivity contribution is 0.274. The maximum absolute atomic E-state index is 14.1. The Morgan fingerprint density at radius 3 is 2.90 bits per heavy atom. The van der Waals surface area contributed by atoms with Crippen molar-refractivity contribution in [3.8, 4) is 10.6 Å². The standard InChI is InChI=1S/C15H15ClFN3S/c1-8-9-6-20(2)7-15(3-4-15)13(9)21-12(8)11-10(17)5-18-14(16)19-11/h5H,3-4,6-7H2,1-2H3. The van der Waals surface area contributed by atoms with Gasteiger partial charge in [-0.15, -0.1) is 11.3 Å². The highest BCUT2D eigenvalue weighted by Crippen LogP contribution is 2.57. The molecular formula is C15H15ClFN3S. The highest BCUT2D eigenvalue weighted by atomic mass is 35.5. The summed E-state index contributed by atoms with van der Waals surface area (Å²) in [5, 5.41) is 0.0930. The van der Waals surface area contributed by atoms with E-state index in [-0.39, 0.29) is 5.28 Å². The third-order valence-corrected chi connectivity index (χ3v) is 6.31. The van der Waals surface area contributed by atoms with Gasteiger partial charge in [-0.3, -0.25) is 0 Å². The van der Waals surface area contributed by atoms with Crippen LogP contribution < -0.4 is 0 Å². The van der Waals surface area contributed by atoms with Crippen LogP contribution in [-0.2, 0) is 12.0 Å². The SMILES string of the molecule is Cc1c(-c2nc(Cl)ncc2F)sc2c1CN(C)CC21CC1. The maximum Gasteiger partial charge on any atom is 0.223 e. The lowest BCUT2D eigenvalue weighted by atomic mass is 9.93. The Labute approximate surface area is 131 Å². The quantitative estimate of drug-likeness (QED) is 0.748. The number of rotatable bonds is 1. The van der Waals surface area contributed by atoms with E-state index in [1.165, 1.54) is 23.3 Å². The molecule has 4 rings (SSSR count). The van der Waals surface area contributed by atoms with E-state index < -0.39 is 5.82 Å². The second kappa shape index (κ2) is 4.48. The smallest absolute Gasteiger partial charge is 0.223 e. The van der Waals surface area contributed by atoms with Gasteiger partial charge in [0.2, 0.25) is 5.28 Å². The van der Waals surface area contributed by atoms with Crippen LogP contribution in [0.3, 0.4) is 0 Å². The van der Waals surface area contributed by atoms with Crippen LogP contribution in [0.15, 0.2) is 6.20 Å². The van der Waals surface area contributed by atoms with Gasteiger partial charge in [0.1, 0.15) is 5.69 Å². The molecule has 2 aliphatic rings. The van der Waals surface area contributed by atoms with Gasteiger partial charge in [0.05, 0.1) is 11.1 Å². The molecule has 0 amide bonds. The molecule has 1 spiro atoms. The van der Waals surface area contributed by atoms with E-state index in [1.807, 2.05) is 0 Å². The predicted molar refractivity (Wildman–Crippen MR) is 82.3 cm³/mol. The van der Waals surface area contributed by atoms with Gasteiger partial charge in [-0.2, -0.15) is 0 Å². The van der Waals surface area contributed by atoms with Gasteiger partial charge >= 0.3 is 0 Å². The summed E-state index contributed by atoms with van der Waals surface area (Å²) in [6.07, 6.45) is 3.62. The lowest BCUT2D eigenvalue weighted by Crippen LogP contribution is -2.34. The molecule has 2 aromatic rings. The first-order valence-corrected chi connectivity index (χ1v) is 8.19. The van der Waals surface area contributed by atoms with Crippen molar-refractivity contribution < 1.29 is 4.39 Å². The summed E-state index contributed by atoms with van der Waals surface area (Å²) in [7, 11) is 2.15. The summed E-state index contributed by atoms with van der Waals surface area (Å²) >= 11 is 7.54. The summed E-state index contributed by atoms with van der Waals surface area (Å²) in [6, 6.07) is 0. The van der Waals surface area contributed by atoms with Crippen molar-refractivity contribution in [3.63, 3.8) is 0 Å². The number of hydrogen-bond donors (Lipinski definition) is 0. The van der Waals surface area contributed by atoms with Crippen LogP contribution >= 0.6 is 22.9 Å². The minimum Gasteiger partial charge on any atom is -0.301 e. The minimum absolute atomic E-state index is 0.0930. The van der Waals surface area contributed by atoms with Crippen LogP contribution in [0.4, 0.5) is 4.39 Å². The first-order chi connectivity index (χ1) is 10.00. The molecule has 3 heterocycles. The number of likely N-dealkylation sites (N-methyl/N-ethyl adjacent to an activating group) is 1. The van der Waals surface area contributed by atoms with Crippen molar-refractivity contribution in [1.82, 2.24) is 14.9 Å². The number of fused-ring (bicyclic) bond motifs is 2. The molecule has 2 aromatic heterocycles. The van der Waals surface area contributed by atoms with Crippen LogP contribution in [-0.4, -0.2) is 28.5 Å². The molecule has 1 aliphatic carbocycles. The third kappa shape index (κ3) is 2.02. The normalized spacial score (nSPS) is 19.8. The maximum atomic E-state index is 14.1. The molecule has 1 fully saturated rings. The Hall–Kier alpha value is -1.04. The fourth-order valence-electron chi connectivity index (χ4n) is 3.35. The largest absolute Gasteiger partial charge is 0.301 e. The molecule has 110 valence electrons. The van der Waals surface area contributed by atoms with E-state index in [0.717, 1.165) is 29.7 Å². The van der Waals surface area contributed by atoms with Gasteiger partial charge in [0.25, 0.3) is 0 Å². The summed E-state index contributed by atoms with van der Waals surface area (Å²) in [6.45, 7) is 4.10. The van der Waals surface area contributed by atoms with E-state index in [9.17, 15) is 4.39 Å². The Morgan fingerprint density at radius 2 is 2.19 bits per heavy atom. The van der Waals surface area contributed by atoms with Crippen molar-refractivity contribution in [3.05, 3.63) is 33.3 Å². The molecule has 0 radical (unpaired) electrons. The lowest BCUT2D eigenvalue weighted by Gasteiger charge is -2.30. The van der Waals surface area contributed by atoms with E-state index in [1.54, 1.807) is 11.3 Å². The summed E-state index contributed by atoms with van der Waals surface area (Å²) < 4.78 is 14.1. The highest BCUT2D eigenvalue weighted by Gasteiger charge is 2.50. The zero-order chi connectivity index (χ0) is 14.8. The predicted octanol–water partition coefficient (Wildman–Crippen LogP) is 3.78. The van der Waals surface area contributed by atoms with Gasteiger partial charge in [-0.05, 0) is 49.5 Å². The van der Waals surface area contributed by atoms with Crippen LogP contribution in [0.25, 0.3) is 10.6 Å². The summed E-state index contributed by atoms with van der Waals surface area (Å²) in [5.74, 6) is -0.403. The Kier molecular flexibility index (Phi) is 2.90. The van der Waals surface area contributed by atoms with Gasteiger partial charge in [-0.25, -0.2) is 14.4 Å². The molecule has 1 saturated carbocycles. The van der Waals surface area contributed by atoms with Crippen molar-refractivity contribution >= 4 is 22.9 Å². The second-order valence-electron chi connectivity index (χ2n) is 6.15. The van der Waals surface area contributed by atoms with Gasteiger partial charge < -0.3 is 4.90 Å². The van der Waals surface area contributed by atoms with Crippen LogP contribution in [0.5, 0.6) is 0 Å². The van der Waals surface area contributed by atoms with Crippen LogP contribution in [0, 0.1) is 12.7 Å². The van der Waals surface area contributed by atoms with Crippen molar-refractivity contribution in [1.29, 1.82) is 0 Å². The van der Waals surface area contributed by atoms with E-state index in [2.05, 4.69) is 28.8 Å². The number of aromatic nitrogens is 2. The van der Waals surface area contributed by atoms with E-state index in [4.69, 9.17) is 11.6 Å². The average molecular weight is 324 g/mol. The second-order valence-corrected chi connectivity index (χ2v) is 7.51. The van der Waals surface area contributed by atoms with Crippen molar-refractivity contribution in [2.45, 2.75) is 31.7 Å². The van der Waals surface area contributed by atoms with Gasteiger partial charge in [0, 0.05) is 23.4 Å². The number of nitrogens with zero attached hydrogens (tertiary/aromatic N) is 3. The zero-order valence-electron chi connectivity index (χ0n) is 11.9. The van der Waals surface area contributed by atoms with Gasteiger partial charge in [0.15, 0.2) is 5.82 Å². The summed E-state index contributed by atoms with van der Waals surface area (Å²) in [5.41, 5.74) is 3.14. The van der Waals surface area contributed by atoms with Crippen molar-refractivity contribution in [2.75, 3.05) is 13.6 Å². The first-order valence-electron chi connectivity index (χ1n) is 7.00. The molecule has 0 saturated heterocycles.